The molecule has 3 rings (SSSR count). The van der Waals surface area contributed by atoms with Crippen LogP contribution in [0.1, 0.15) is 5.69 Å². The van der Waals surface area contributed by atoms with Crippen LogP contribution in [0.4, 0.5) is 5.95 Å². The lowest BCUT2D eigenvalue weighted by atomic mass is 10.2. The van der Waals surface area contributed by atoms with E-state index in [0.29, 0.717) is 16.7 Å². The van der Waals surface area contributed by atoms with Crippen molar-refractivity contribution in [1.82, 2.24) is 14.5 Å². The van der Waals surface area contributed by atoms with Crippen LogP contribution in [0.25, 0.3) is 16.7 Å². The monoisotopic (exact) mass is 267 g/mol. The van der Waals surface area contributed by atoms with Crippen molar-refractivity contribution in [1.29, 1.82) is 0 Å². The summed E-state index contributed by atoms with van der Waals surface area (Å²) < 4.78 is 1.37. The molecule has 0 aliphatic carbocycles. The highest BCUT2D eigenvalue weighted by Crippen LogP contribution is 2.14. The number of nitrogens with zero attached hydrogens (tertiary/aromatic N) is 3. The Morgan fingerprint density at radius 3 is 2.65 bits per heavy atom. The molecular formula is C14H13N5O. The average Bonchev–Trinajstić information content (AvgIpc) is 2.47. The van der Waals surface area contributed by atoms with Gasteiger partial charge in [-0.05, 0) is 31.2 Å². The number of fused-ring (bicyclic) bond motifs is 1. The van der Waals surface area contributed by atoms with Crippen molar-refractivity contribution in [2.24, 2.45) is 5.84 Å². The molecule has 0 radical (unpaired) electrons. The van der Waals surface area contributed by atoms with Gasteiger partial charge in [-0.3, -0.25) is 10.2 Å². The predicted molar refractivity (Wildman–Crippen MR) is 77.7 cm³/mol. The van der Waals surface area contributed by atoms with Crippen molar-refractivity contribution < 1.29 is 0 Å². The van der Waals surface area contributed by atoms with Gasteiger partial charge in [0.2, 0.25) is 5.95 Å². The third-order valence-electron chi connectivity index (χ3n) is 3.01. The van der Waals surface area contributed by atoms with Gasteiger partial charge < -0.3 is 0 Å². The highest BCUT2D eigenvalue weighted by atomic mass is 16.1. The zero-order valence-corrected chi connectivity index (χ0v) is 10.9. The van der Waals surface area contributed by atoms with Crippen LogP contribution < -0.4 is 16.8 Å². The van der Waals surface area contributed by atoms with E-state index in [2.05, 4.69) is 15.4 Å². The molecule has 2 heterocycles. The lowest BCUT2D eigenvalue weighted by molar-refractivity contribution is 0.909. The van der Waals surface area contributed by atoms with Crippen molar-refractivity contribution in [3.8, 4) is 5.82 Å². The van der Waals surface area contributed by atoms with Crippen molar-refractivity contribution in [2.75, 3.05) is 5.43 Å². The zero-order chi connectivity index (χ0) is 14.1. The molecule has 0 spiro atoms. The fraction of sp³-hybridized carbons (Fsp3) is 0.0714. The first-order chi connectivity index (χ1) is 9.70. The third-order valence-corrected chi connectivity index (χ3v) is 3.01. The quantitative estimate of drug-likeness (QED) is 0.541. The van der Waals surface area contributed by atoms with Crippen LogP contribution in [0.2, 0.25) is 0 Å². The SMILES string of the molecule is Cc1cccc(-n2c(NN)nc3ccccc3c2=O)n1. The molecule has 3 aromatic rings. The predicted octanol–water partition coefficient (Wildman–Crippen LogP) is 1.37. The number of para-hydroxylation sites is 1. The highest BCUT2D eigenvalue weighted by Gasteiger charge is 2.12. The summed E-state index contributed by atoms with van der Waals surface area (Å²) in [6.07, 6.45) is 0. The van der Waals surface area contributed by atoms with Crippen LogP contribution in [0.3, 0.4) is 0 Å². The second-order valence-electron chi connectivity index (χ2n) is 4.37. The Morgan fingerprint density at radius 1 is 1.10 bits per heavy atom. The number of nitrogens with two attached hydrogens (primary N) is 1. The van der Waals surface area contributed by atoms with Crippen molar-refractivity contribution in [2.45, 2.75) is 6.92 Å². The van der Waals surface area contributed by atoms with Gasteiger partial charge in [-0.15, -0.1) is 0 Å². The summed E-state index contributed by atoms with van der Waals surface area (Å²) in [5.74, 6) is 6.23. The summed E-state index contributed by atoms with van der Waals surface area (Å²) in [6.45, 7) is 1.86. The Balaban J connectivity index is 2.40. The Kier molecular flexibility index (Phi) is 2.92. The van der Waals surface area contributed by atoms with Crippen LogP contribution in [-0.2, 0) is 0 Å². The minimum Gasteiger partial charge on any atom is -0.293 e. The van der Waals surface area contributed by atoms with Crippen LogP contribution in [-0.4, -0.2) is 14.5 Å². The first-order valence-corrected chi connectivity index (χ1v) is 6.13. The molecule has 0 fully saturated rings. The summed E-state index contributed by atoms with van der Waals surface area (Å²) in [7, 11) is 0. The van der Waals surface area contributed by atoms with Crippen molar-refractivity contribution in [3.05, 3.63) is 58.5 Å². The summed E-state index contributed by atoms with van der Waals surface area (Å²) in [5, 5.41) is 0.523. The smallest absolute Gasteiger partial charge is 0.268 e. The Bertz CT molecular complexity index is 840. The number of hydrazine groups is 1. The molecule has 0 unspecified atom stereocenters. The van der Waals surface area contributed by atoms with Gasteiger partial charge in [0.1, 0.15) is 5.82 Å². The molecule has 0 saturated carbocycles. The lowest BCUT2D eigenvalue weighted by Crippen LogP contribution is -2.26. The number of aromatic nitrogens is 3. The van der Waals surface area contributed by atoms with Crippen LogP contribution in [0.15, 0.2) is 47.3 Å². The number of anilines is 1. The summed E-state index contributed by atoms with van der Waals surface area (Å²) >= 11 is 0. The largest absolute Gasteiger partial charge is 0.293 e. The van der Waals surface area contributed by atoms with Crippen LogP contribution in [0.5, 0.6) is 0 Å². The Labute approximate surface area is 114 Å². The summed E-state index contributed by atoms with van der Waals surface area (Å²) in [6, 6.07) is 12.6. The number of rotatable bonds is 2. The van der Waals surface area contributed by atoms with Crippen molar-refractivity contribution >= 4 is 16.9 Å². The molecular weight excluding hydrogens is 254 g/mol. The molecule has 0 amide bonds. The number of hydrogen-bond acceptors (Lipinski definition) is 5. The average molecular weight is 267 g/mol. The molecule has 1 aromatic carbocycles. The molecule has 3 N–H and O–H groups in total. The second-order valence-corrected chi connectivity index (χ2v) is 4.37. The van der Waals surface area contributed by atoms with E-state index in [0.717, 1.165) is 5.69 Å². The summed E-state index contributed by atoms with van der Waals surface area (Å²) in [4.78, 5) is 21.3. The van der Waals surface area contributed by atoms with E-state index in [4.69, 9.17) is 5.84 Å². The van der Waals surface area contributed by atoms with Crippen LogP contribution in [0, 0.1) is 6.92 Å². The molecule has 0 aliphatic heterocycles. The molecule has 2 aromatic heterocycles. The maximum Gasteiger partial charge on any atom is 0.268 e. The topological polar surface area (TPSA) is 85.8 Å². The number of nitrogens with one attached hydrogen (secondary N) is 1. The minimum absolute atomic E-state index is 0.207. The van der Waals surface area contributed by atoms with E-state index in [1.807, 2.05) is 25.1 Å². The van der Waals surface area contributed by atoms with Crippen molar-refractivity contribution in [3.63, 3.8) is 0 Å². The molecule has 20 heavy (non-hydrogen) atoms. The Hall–Kier alpha value is -2.73. The van der Waals surface area contributed by atoms with Gasteiger partial charge in [0.05, 0.1) is 10.9 Å². The minimum atomic E-state index is -0.207. The number of hydrogen-bond donors (Lipinski definition) is 2. The van der Waals surface area contributed by atoms with E-state index in [9.17, 15) is 4.79 Å². The molecule has 0 aliphatic rings. The standard InChI is InChI=1S/C14H13N5O/c1-9-5-4-8-12(16-9)19-13(20)10-6-2-3-7-11(10)17-14(19)18-15/h2-8H,15H2,1H3,(H,17,18). The molecule has 0 saturated heterocycles. The van der Waals surface area contributed by atoms with Gasteiger partial charge >= 0.3 is 0 Å². The fourth-order valence-electron chi connectivity index (χ4n) is 2.10. The van der Waals surface area contributed by atoms with Gasteiger partial charge in [-0.25, -0.2) is 20.4 Å². The molecule has 100 valence electrons. The second kappa shape index (κ2) is 4.75. The molecule has 6 heteroatoms. The molecule has 0 atom stereocenters. The Morgan fingerprint density at radius 2 is 1.90 bits per heavy atom. The normalized spacial score (nSPS) is 10.7. The van der Waals surface area contributed by atoms with Crippen LogP contribution >= 0.6 is 0 Å². The number of aryl methyl sites for hydroxylation is 1. The number of benzene rings is 1. The fourth-order valence-corrected chi connectivity index (χ4v) is 2.10. The van der Waals surface area contributed by atoms with Gasteiger partial charge in [0.25, 0.3) is 5.56 Å². The summed E-state index contributed by atoms with van der Waals surface area (Å²) in [5.41, 5.74) is 3.65. The van der Waals surface area contributed by atoms with E-state index < -0.39 is 0 Å². The van der Waals surface area contributed by atoms with E-state index >= 15 is 0 Å². The first kappa shape index (κ1) is 12.3. The first-order valence-electron chi connectivity index (χ1n) is 6.13. The molecule has 6 nitrogen and oxygen atoms in total. The van der Waals surface area contributed by atoms with Gasteiger partial charge in [0, 0.05) is 5.69 Å². The third kappa shape index (κ3) is 1.92. The van der Waals surface area contributed by atoms with Gasteiger partial charge in [-0.2, -0.15) is 0 Å². The van der Waals surface area contributed by atoms with Gasteiger partial charge in [0.15, 0.2) is 0 Å². The van der Waals surface area contributed by atoms with E-state index in [-0.39, 0.29) is 11.5 Å². The highest BCUT2D eigenvalue weighted by molar-refractivity contribution is 5.79. The zero-order valence-electron chi connectivity index (χ0n) is 10.9. The maximum atomic E-state index is 12.6. The van der Waals surface area contributed by atoms with E-state index in [1.165, 1.54) is 4.57 Å². The number of pyridine rings is 1. The van der Waals surface area contributed by atoms with Gasteiger partial charge in [-0.1, -0.05) is 18.2 Å². The number of nitrogen functional groups attached to an aromatic ring is 1. The lowest BCUT2D eigenvalue weighted by Gasteiger charge is -2.12. The molecule has 0 bridgehead atoms. The maximum absolute atomic E-state index is 12.6. The van der Waals surface area contributed by atoms with E-state index in [1.54, 1.807) is 24.3 Å².